The van der Waals surface area contributed by atoms with Gasteiger partial charge in [0.15, 0.2) is 5.00 Å². The molecule has 18 heavy (non-hydrogen) atoms. The van der Waals surface area contributed by atoms with Crippen molar-refractivity contribution < 1.29 is 15.1 Å². The molecule has 7 nitrogen and oxygen atoms in total. The van der Waals surface area contributed by atoms with E-state index in [0.717, 1.165) is 0 Å². The summed E-state index contributed by atoms with van der Waals surface area (Å²) < 4.78 is 0. The van der Waals surface area contributed by atoms with Crippen LogP contribution in [0, 0.1) is 10.1 Å². The first-order valence-corrected chi connectivity index (χ1v) is 5.79. The van der Waals surface area contributed by atoms with Crippen molar-refractivity contribution in [2.75, 3.05) is 26.3 Å². The molecule has 0 spiro atoms. The van der Waals surface area contributed by atoms with Crippen LogP contribution in [-0.2, 0) is 0 Å². The number of nitrogens with zero attached hydrogens (tertiary/aromatic N) is 2. The van der Waals surface area contributed by atoms with Crippen molar-refractivity contribution in [3.05, 3.63) is 34.0 Å². The summed E-state index contributed by atoms with van der Waals surface area (Å²) in [6.07, 6.45) is 4.23. The highest BCUT2D eigenvalue weighted by atomic mass is 35.5. The molecule has 1 aliphatic rings. The van der Waals surface area contributed by atoms with Crippen LogP contribution >= 0.6 is 11.6 Å². The summed E-state index contributed by atoms with van der Waals surface area (Å²) in [7, 11) is 0. The molecule has 0 aromatic heterocycles. The number of hydrogen-bond donors (Lipinski definition) is 3. The third kappa shape index (κ3) is 3.42. The smallest absolute Gasteiger partial charge is 0.268 e. The predicted molar refractivity (Wildman–Crippen MR) is 66.5 cm³/mol. The van der Waals surface area contributed by atoms with Gasteiger partial charge in [-0.2, -0.15) is 0 Å². The molecule has 4 N–H and O–H groups in total. The number of aliphatic hydroxyl groups excluding tert-OH is 2. The van der Waals surface area contributed by atoms with Gasteiger partial charge in [0.2, 0.25) is 0 Å². The third-order valence-electron chi connectivity index (χ3n) is 2.62. The Balaban J connectivity index is 2.95. The van der Waals surface area contributed by atoms with Crippen molar-refractivity contribution in [3.8, 4) is 0 Å². The Morgan fingerprint density at radius 1 is 1.50 bits per heavy atom. The van der Waals surface area contributed by atoms with E-state index >= 15 is 0 Å². The zero-order valence-electron chi connectivity index (χ0n) is 9.70. The zero-order chi connectivity index (χ0) is 13.8. The standard InChI is InChI=1S/C10H16ClN3O4/c11-10(12)2-1-8(7-9(10)14(17)18)13(3-5-15)4-6-16/h1-2,7,9,15-16H,3-6,12H2. The molecule has 0 saturated carbocycles. The largest absolute Gasteiger partial charge is 0.395 e. The molecule has 0 fully saturated rings. The Kier molecular flexibility index (Phi) is 5.09. The van der Waals surface area contributed by atoms with Crippen LogP contribution in [0.5, 0.6) is 0 Å². The second kappa shape index (κ2) is 6.14. The average Bonchev–Trinajstić information content (AvgIpc) is 2.28. The highest BCUT2D eigenvalue weighted by molar-refractivity contribution is 6.25. The molecule has 2 atom stereocenters. The average molecular weight is 278 g/mol. The number of hydrogen-bond acceptors (Lipinski definition) is 6. The number of nitro groups is 1. The van der Waals surface area contributed by atoms with E-state index in [2.05, 4.69) is 0 Å². The van der Waals surface area contributed by atoms with E-state index in [9.17, 15) is 10.1 Å². The highest BCUT2D eigenvalue weighted by Crippen LogP contribution is 2.26. The quantitative estimate of drug-likeness (QED) is 0.255. The van der Waals surface area contributed by atoms with E-state index in [0.29, 0.717) is 5.70 Å². The minimum atomic E-state index is -1.56. The molecule has 0 aromatic rings. The number of nitrogens with two attached hydrogens (primary N) is 1. The Labute approximate surface area is 109 Å². The molecule has 0 aliphatic heterocycles. The first-order valence-electron chi connectivity index (χ1n) is 5.41. The Morgan fingerprint density at radius 3 is 2.50 bits per heavy atom. The lowest BCUT2D eigenvalue weighted by Crippen LogP contribution is -2.49. The fourth-order valence-electron chi connectivity index (χ4n) is 1.70. The molecular formula is C10H16ClN3O4. The number of allylic oxidation sites excluding steroid dienone is 1. The predicted octanol–water partition coefficient (Wildman–Crippen LogP) is -0.734. The Hall–Kier alpha value is -1.15. The number of rotatable bonds is 6. The van der Waals surface area contributed by atoms with E-state index in [-0.39, 0.29) is 26.3 Å². The zero-order valence-corrected chi connectivity index (χ0v) is 10.5. The van der Waals surface area contributed by atoms with Crippen LogP contribution in [0.2, 0.25) is 0 Å². The van der Waals surface area contributed by atoms with Crippen LogP contribution < -0.4 is 5.73 Å². The van der Waals surface area contributed by atoms with Crippen molar-refractivity contribution >= 4 is 11.6 Å². The summed E-state index contributed by atoms with van der Waals surface area (Å²) in [4.78, 5) is 10.4. The molecule has 0 aromatic carbocycles. The Morgan fingerprint density at radius 2 is 2.06 bits per heavy atom. The lowest BCUT2D eigenvalue weighted by molar-refractivity contribution is -0.513. The second-order valence-corrected chi connectivity index (χ2v) is 4.57. The van der Waals surface area contributed by atoms with Crippen molar-refractivity contribution in [3.63, 3.8) is 0 Å². The summed E-state index contributed by atoms with van der Waals surface area (Å²) in [5.74, 6) is 0. The summed E-state index contributed by atoms with van der Waals surface area (Å²) in [5.41, 5.74) is 6.12. The van der Waals surface area contributed by atoms with E-state index in [1.807, 2.05) is 0 Å². The molecule has 0 radical (unpaired) electrons. The van der Waals surface area contributed by atoms with Gasteiger partial charge in [0.05, 0.1) is 13.2 Å². The van der Waals surface area contributed by atoms with Gasteiger partial charge < -0.3 is 20.8 Å². The number of alkyl halides is 1. The van der Waals surface area contributed by atoms with Crippen LogP contribution in [0.15, 0.2) is 23.9 Å². The van der Waals surface area contributed by atoms with Crippen LogP contribution in [-0.4, -0.2) is 57.4 Å². The van der Waals surface area contributed by atoms with Gasteiger partial charge in [0.1, 0.15) is 0 Å². The molecule has 0 heterocycles. The SMILES string of the molecule is NC1(Cl)C=CC(N(CCO)CCO)=CC1[N+](=O)[O-]. The molecule has 0 amide bonds. The Bertz CT molecular complexity index is 364. The maximum absolute atomic E-state index is 10.9. The maximum atomic E-state index is 10.9. The minimum absolute atomic E-state index is 0.122. The van der Waals surface area contributed by atoms with Crippen LogP contribution in [0.25, 0.3) is 0 Å². The van der Waals surface area contributed by atoms with Crippen molar-refractivity contribution in [2.24, 2.45) is 5.73 Å². The van der Waals surface area contributed by atoms with E-state index in [4.69, 9.17) is 27.5 Å². The number of halogens is 1. The second-order valence-electron chi connectivity index (χ2n) is 3.92. The summed E-state index contributed by atoms with van der Waals surface area (Å²) in [5, 5.41) is 28.7. The molecule has 2 unspecified atom stereocenters. The fraction of sp³-hybridized carbons (Fsp3) is 0.600. The van der Waals surface area contributed by atoms with Gasteiger partial charge in [-0.1, -0.05) is 11.6 Å². The lowest BCUT2D eigenvalue weighted by Gasteiger charge is -2.30. The summed E-state index contributed by atoms with van der Waals surface area (Å²) in [6, 6.07) is -1.25. The molecule has 1 aliphatic carbocycles. The van der Waals surface area contributed by atoms with Gasteiger partial charge in [0, 0.05) is 29.8 Å². The van der Waals surface area contributed by atoms with E-state index in [1.54, 1.807) is 11.0 Å². The van der Waals surface area contributed by atoms with Crippen LogP contribution in [0.3, 0.4) is 0 Å². The van der Waals surface area contributed by atoms with Gasteiger partial charge in [-0.15, -0.1) is 0 Å². The fourth-order valence-corrected chi connectivity index (χ4v) is 1.91. The molecular weight excluding hydrogens is 262 g/mol. The lowest BCUT2D eigenvalue weighted by atomic mass is 10.0. The molecule has 0 bridgehead atoms. The normalized spacial score (nSPS) is 26.9. The first kappa shape index (κ1) is 14.9. The molecule has 0 saturated heterocycles. The van der Waals surface area contributed by atoms with E-state index in [1.165, 1.54) is 12.2 Å². The van der Waals surface area contributed by atoms with Crippen molar-refractivity contribution in [2.45, 2.75) is 11.0 Å². The first-order chi connectivity index (χ1) is 8.42. The highest BCUT2D eigenvalue weighted by Gasteiger charge is 2.41. The van der Waals surface area contributed by atoms with Crippen molar-refractivity contribution in [1.82, 2.24) is 4.90 Å². The molecule has 8 heteroatoms. The van der Waals surface area contributed by atoms with Gasteiger partial charge in [0.25, 0.3) is 6.04 Å². The maximum Gasteiger partial charge on any atom is 0.268 e. The number of aliphatic hydroxyl groups is 2. The molecule has 1 rings (SSSR count). The van der Waals surface area contributed by atoms with Crippen molar-refractivity contribution in [1.29, 1.82) is 0 Å². The van der Waals surface area contributed by atoms with Gasteiger partial charge in [-0.25, -0.2) is 0 Å². The molecule has 102 valence electrons. The summed E-state index contributed by atoms with van der Waals surface area (Å²) >= 11 is 5.84. The van der Waals surface area contributed by atoms with Gasteiger partial charge >= 0.3 is 0 Å². The van der Waals surface area contributed by atoms with Crippen LogP contribution in [0.1, 0.15) is 0 Å². The summed E-state index contributed by atoms with van der Waals surface area (Å²) in [6.45, 7) is 0.286. The topological polar surface area (TPSA) is 113 Å². The van der Waals surface area contributed by atoms with Crippen LogP contribution in [0.4, 0.5) is 0 Å². The van der Waals surface area contributed by atoms with Gasteiger partial charge in [-0.3, -0.25) is 10.1 Å². The monoisotopic (exact) mass is 277 g/mol. The van der Waals surface area contributed by atoms with Gasteiger partial charge in [-0.05, 0) is 12.2 Å². The van der Waals surface area contributed by atoms with E-state index < -0.39 is 16.0 Å². The minimum Gasteiger partial charge on any atom is -0.395 e. The third-order valence-corrected chi connectivity index (χ3v) is 2.97.